The molecule has 0 aromatic heterocycles. The Bertz CT molecular complexity index is 819. The van der Waals surface area contributed by atoms with Crippen molar-refractivity contribution in [3.05, 3.63) is 64.7 Å². The van der Waals surface area contributed by atoms with Crippen LogP contribution in [0.2, 0.25) is 5.02 Å². The summed E-state index contributed by atoms with van der Waals surface area (Å²) < 4.78 is 10.2. The van der Waals surface area contributed by atoms with Crippen LogP contribution < -0.4 is 10.1 Å². The van der Waals surface area contributed by atoms with E-state index < -0.39 is 18.5 Å². The Labute approximate surface area is 162 Å². The molecule has 6 nitrogen and oxygen atoms in total. The van der Waals surface area contributed by atoms with Crippen LogP contribution in [0.15, 0.2) is 48.5 Å². The van der Waals surface area contributed by atoms with Crippen molar-refractivity contribution in [2.45, 2.75) is 19.9 Å². The first-order chi connectivity index (χ1) is 12.8. The normalized spacial score (nSPS) is 11.4. The molecule has 0 fully saturated rings. The number of ketones is 1. The lowest BCUT2D eigenvalue weighted by atomic mass is 10.1. The van der Waals surface area contributed by atoms with E-state index >= 15 is 0 Å². The highest BCUT2D eigenvalue weighted by Crippen LogP contribution is 2.17. The molecular formula is C20H20ClNO5. The number of hydrogen-bond acceptors (Lipinski definition) is 5. The number of carbonyl (C=O) groups is 3. The molecule has 2 rings (SSSR count). The van der Waals surface area contributed by atoms with Crippen LogP contribution in [0.3, 0.4) is 0 Å². The molecule has 0 aliphatic carbocycles. The zero-order chi connectivity index (χ0) is 19.8. The molecule has 2 aromatic carbocycles. The summed E-state index contributed by atoms with van der Waals surface area (Å²) in [5.74, 6) is -0.729. The van der Waals surface area contributed by atoms with Crippen molar-refractivity contribution in [1.29, 1.82) is 0 Å². The second kappa shape index (κ2) is 9.73. The predicted octanol–water partition coefficient (Wildman–Crippen LogP) is 3.34. The minimum Gasteiger partial charge on any atom is -0.482 e. The van der Waals surface area contributed by atoms with Gasteiger partial charge in [-0.3, -0.25) is 9.59 Å². The fourth-order valence-electron chi connectivity index (χ4n) is 2.26. The van der Waals surface area contributed by atoms with Crippen molar-refractivity contribution >= 4 is 29.3 Å². The van der Waals surface area contributed by atoms with E-state index in [1.165, 1.54) is 6.92 Å². The van der Waals surface area contributed by atoms with Gasteiger partial charge in [-0.2, -0.15) is 0 Å². The number of hydrogen-bond donors (Lipinski definition) is 1. The van der Waals surface area contributed by atoms with E-state index in [9.17, 15) is 14.4 Å². The first-order valence-corrected chi connectivity index (χ1v) is 8.67. The Morgan fingerprint density at radius 3 is 2.41 bits per heavy atom. The maximum atomic E-state index is 11.9. The van der Waals surface area contributed by atoms with E-state index in [2.05, 4.69) is 5.32 Å². The number of benzene rings is 2. The van der Waals surface area contributed by atoms with Gasteiger partial charge in [0.25, 0.3) is 5.91 Å². The average molecular weight is 390 g/mol. The monoisotopic (exact) mass is 389 g/mol. The Balaban J connectivity index is 1.73. The lowest BCUT2D eigenvalue weighted by Gasteiger charge is -2.14. The van der Waals surface area contributed by atoms with Gasteiger partial charge in [-0.15, -0.1) is 0 Å². The largest absolute Gasteiger partial charge is 0.482 e. The fourth-order valence-corrected chi connectivity index (χ4v) is 2.46. The lowest BCUT2D eigenvalue weighted by molar-refractivity contribution is -0.150. The number of amides is 1. The van der Waals surface area contributed by atoms with Crippen molar-refractivity contribution in [1.82, 2.24) is 5.32 Å². The molecule has 0 aliphatic rings. The van der Waals surface area contributed by atoms with Gasteiger partial charge in [-0.05, 0) is 55.8 Å². The van der Waals surface area contributed by atoms with Gasteiger partial charge in [0.15, 0.2) is 19.0 Å². The summed E-state index contributed by atoms with van der Waals surface area (Å²) in [6, 6.07) is 13.2. The third-order valence-electron chi connectivity index (χ3n) is 3.71. The maximum Gasteiger partial charge on any atom is 0.344 e. The van der Waals surface area contributed by atoms with Crippen LogP contribution in [0.5, 0.6) is 5.75 Å². The van der Waals surface area contributed by atoms with Gasteiger partial charge >= 0.3 is 5.97 Å². The summed E-state index contributed by atoms with van der Waals surface area (Å²) in [5, 5.41) is 3.30. The molecule has 0 unspecified atom stereocenters. The number of Topliss-reactive ketones (excluding diaryl/α,β-unsaturated/α-hetero) is 1. The highest BCUT2D eigenvalue weighted by molar-refractivity contribution is 6.30. The van der Waals surface area contributed by atoms with Crippen molar-refractivity contribution in [3.8, 4) is 5.75 Å². The highest BCUT2D eigenvalue weighted by Gasteiger charge is 2.13. The van der Waals surface area contributed by atoms with Crippen LogP contribution in [0, 0.1) is 0 Å². The van der Waals surface area contributed by atoms with Crippen molar-refractivity contribution in [2.24, 2.45) is 0 Å². The van der Waals surface area contributed by atoms with Crippen LogP contribution in [0.4, 0.5) is 0 Å². The van der Waals surface area contributed by atoms with Crippen molar-refractivity contribution in [2.75, 3.05) is 13.2 Å². The third kappa shape index (κ3) is 6.75. The fraction of sp³-hybridized carbons (Fsp3) is 0.250. The number of rotatable bonds is 8. The number of ether oxygens (including phenoxy) is 2. The van der Waals surface area contributed by atoms with Crippen molar-refractivity contribution < 1.29 is 23.9 Å². The summed E-state index contributed by atoms with van der Waals surface area (Å²) in [5.41, 5.74) is 1.40. The molecule has 1 N–H and O–H groups in total. The summed E-state index contributed by atoms with van der Waals surface area (Å²) in [6.45, 7) is 2.53. The first kappa shape index (κ1) is 20.5. The topological polar surface area (TPSA) is 81.7 Å². The van der Waals surface area contributed by atoms with Crippen LogP contribution in [-0.4, -0.2) is 30.9 Å². The molecule has 0 spiro atoms. The summed E-state index contributed by atoms with van der Waals surface area (Å²) in [7, 11) is 0. The quantitative estimate of drug-likeness (QED) is 0.553. The van der Waals surface area contributed by atoms with Gasteiger partial charge in [-0.1, -0.05) is 23.7 Å². The molecule has 0 saturated heterocycles. The lowest BCUT2D eigenvalue weighted by Crippen LogP contribution is -2.31. The highest BCUT2D eigenvalue weighted by atomic mass is 35.5. The molecular weight excluding hydrogens is 370 g/mol. The molecule has 0 radical (unpaired) electrons. The molecule has 0 aliphatic heterocycles. The van der Waals surface area contributed by atoms with E-state index in [0.29, 0.717) is 16.3 Å². The van der Waals surface area contributed by atoms with Gasteiger partial charge in [0.2, 0.25) is 0 Å². The first-order valence-electron chi connectivity index (χ1n) is 8.29. The number of halogens is 1. The molecule has 27 heavy (non-hydrogen) atoms. The van der Waals surface area contributed by atoms with Crippen LogP contribution in [0.1, 0.15) is 35.8 Å². The maximum absolute atomic E-state index is 11.9. The molecule has 0 heterocycles. The summed E-state index contributed by atoms with van der Waals surface area (Å²) >= 11 is 5.92. The molecule has 1 amide bonds. The second-order valence-electron chi connectivity index (χ2n) is 5.87. The Morgan fingerprint density at radius 2 is 1.78 bits per heavy atom. The van der Waals surface area contributed by atoms with Crippen LogP contribution in [0.25, 0.3) is 0 Å². The van der Waals surface area contributed by atoms with E-state index in [-0.39, 0.29) is 18.4 Å². The van der Waals surface area contributed by atoms with E-state index in [0.717, 1.165) is 5.56 Å². The van der Waals surface area contributed by atoms with Gasteiger partial charge in [0.05, 0.1) is 6.04 Å². The van der Waals surface area contributed by atoms with Crippen LogP contribution in [-0.2, 0) is 14.3 Å². The van der Waals surface area contributed by atoms with Gasteiger partial charge in [0.1, 0.15) is 5.75 Å². The number of carbonyl (C=O) groups excluding carboxylic acids is 3. The number of esters is 1. The molecule has 2 aromatic rings. The average Bonchev–Trinajstić information content (AvgIpc) is 2.65. The molecule has 0 saturated carbocycles. The smallest absolute Gasteiger partial charge is 0.344 e. The zero-order valence-electron chi connectivity index (χ0n) is 15.0. The Morgan fingerprint density at radius 1 is 1.07 bits per heavy atom. The molecule has 7 heteroatoms. The zero-order valence-corrected chi connectivity index (χ0v) is 15.8. The minimum absolute atomic E-state index is 0.0565. The van der Waals surface area contributed by atoms with E-state index in [1.54, 1.807) is 49.4 Å². The Kier molecular flexibility index (Phi) is 7.37. The third-order valence-corrected chi connectivity index (χ3v) is 3.94. The summed E-state index contributed by atoms with van der Waals surface area (Å²) in [4.78, 5) is 34.8. The van der Waals surface area contributed by atoms with Gasteiger partial charge < -0.3 is 14.8 Å². The molecule has 0 bridgehead atoms. The van der Waals surface area contributed by atoms with Crippen molar-refractivity contribution in [3.63, 3.8) is 0 Å². The van der Waals surface area contributed by atoms with Gasteiger partial charge in [-0.25, -0.2) is 4.79 Å². The number of nitrogens with one attached hydrogen (secondary N) is 1. The van der Waals surface area contributed by atoms with Gasteiger partial charge in [0, 0.05) is 10.6 Å². The summed E-state index contributed by atoms with van der Waals surface area (Å²) in [6.07, 6.45) is 0. The van der Waals surface area contributed by atoms with E-state index in [1.807, 2.05) is 6.07 Å². The SMILES string of the molecule is CC(=O)c1ccc(OCC(=O)OCC(=O)N[C@@H](C)c2cccc(Cl)c2)cc1. The molecule has 1 atom stereocenters. The van der Waals surface area contributed by atoms with Crippen LogP contribution >= 0.6 is 11.6 Å². The molecule has 142 valence electrons. The Hall–Kier alpha value is -2.86. The minimum atomic E-state index is -0.670. The standard InChI is InChI=1S/C20H20ClNO5/c1-13(16-4-3-5-17(21)10-16)22-19(24)11-27-20(25)12-26-18-8-6-15(7-9-18)14(2)23/h3-10,13H,11-12H2,1-2H3,(H,22,24)/t13-/m0/s1. The predicted molar refractivity (Wildman–Crippen MR) is 101 cm³/mol. The van der Waals surface area contributed by atoms with E-state index in [4.69, 9.17) is 21.1 Å². The second-order valence-corrected chi connectivity index (χ2v) is 6.31.